The molecule has 0 saturated carbocycles. The van der Waals surface area contributed by atoms with Crippen LogP contribution in [0.15, 0.2) is 60.9 Å². The molecule has 0 unspecified atom stereocenters. The maximum absolute atomic E-state index is 12.7. The van der Waals surface area contributed by atoms with E-state index in [1.54, 1.807) is 4.90 Å². The number of nitrogens with zero attached hydrogens (tertiary/aromatic N) is 4. The molecule has 2 aromatic heterocycles. The Labute approximate surface area is 266 Å². The highest BCUT2D eigenvalue weighted by Gasteiger charge is 2.51. The molecule has 2 aromatic carbocycles. The lowest BCUT2D eigenvalue weighted by atomic mass is 9.78. The Hall–Kier alpha value is -3.89. The largest absolute Gasteiger partial charge is 0.494 e. The Balaban J connectivity index is 1.34. The molecule has 0 aliphatic carbocycles. The van der Waals surface area contributed by atoms with Crippen molar-refractivity contribution in [1.82, 2.24) is 19.4 Å². The van der Waals surface area contributed by atoms with E-state index in [2.05, 4.69) is 79.1 Å². The molecule has 45 heavy (non-hydrogen) atoms. The minimum atomic E-state index is -0.531. The number of nitrogens with one attached hydrogen (secondary N) is 1. The summed E-state index contributed by atoms with van der Waals surface area (Å²) in [6.07, 6.45) is 5.53. The third-order valence-electron chi connectivity index (χ3n) is 9.02. The van der Waals surface area contributed by atoms with Gasteiger partial charge in [-0.2, -0.15) is 0 Å². The Kier molecular flexibility index (Phi) is 7.94. The molecule has 0 radical (unpaired) electrons. The Morgan fingerprint density at radius 2 is 1.78 bits per heavy atom. The van der Waals surface area contributed by atoms with E-state index in [1.807, 2.05) is 52.1 Å². The lowest BCUT2D eigenvalue weighted by Gasteiger charge is -2.34. The average molecular weight is 610 g/mol. The van der Waals surface area contributed by atoms with Crippen LogP contribution in [0, 0.1) is 6.92 Å². The molecule has 1 N–H and O–H groups in total. The van der Waals surface area contributed by atoms with E-state index in [0.717, 1.165) is 51.7 Å². The number of para-hydroxylation sites is 1. The minimum Gasteiger partial charge on any atom is -0.444 e. The summed E-state index contributed by atoms with van der Waals surface area (Å²) in [5.41, 5.74) is 4.51. The van der Waals surface area contributed by atoms with Gasteiger partial charge in [-0.1, -0.05) is 30.3 Å². The van der Waals surface area contributed by atoms with Crippen LogP contribution in [0.25, 0.3) is 27.8 Å². The fraction of sp³-hybridized carbons (Fsp3) is 0.457. The molecule has 1 atom stereocenters. The third kappa shape index (κ3) is 6.31. The zero-order valence-corrected chi connectivity index (χ0v) is 27.7. The molecular weight excluding hydrogens is 565 g/mol. The first-order valence-corrected chi connectivity index (χ1v) is 15.9. The van der Waals surface area contributed by atoms with E-state index >= 15 is 0 Å². The summed E-state index contributed by atoms with van der Waals surface area (Å²) in [7, 11) is -0.464. The van der Waals surface area contributed by atoms with Crippen molar-refractivity contribution in [3.05, 3.63) is 66.5 Å². The number of rotatable bonds is 5. The zero-order valence-electron chi connectivity index (χ0n) is 27.7. The van der Waals surface area contributed by atoms with Gasteiger partial charge in [-0.25, -0.2) is 14.8 Å². The number of amides is 1. The van der Waals surface area contributed by atoms with E-state index in [0.29, 0.717) is 19.0 Å². The standard InChI is InChI=1S/C35H44BN5O4/c1-23-20-37-31(38-25-13-12-18-40(21-25)32(42)43-33(2,3)4)39-30(23)28-22-41(26-14-10-9-11-15-26)29-19-24(16-17-27(28)29)36-44-34(5,6)35(7,8)45-36/h9-11,14-17,19-20,22,25H,12-13,18,21H2,1-8H3,(H,37,38,39)/t25-/m0/s1. The number of benzene rings is 2. The number of carbonyl (C=O) groups is 1. The summed E-state index contributed by atoms with van der Waals surface area (Å²) < 4.78 is 20.6. The molecule has 9 nitrogen and oxygen atoms in total. The van der Waals surface area contributed by atoms with Gasteiger partial charge < -0.3 is 28.8 Å². The molecule has 2 aliphatic rings. The van der Waals surface area contributed by atoms with Crippen molar-refractivity contribution >= 4 is 35.5 Å². The minimum absolute atomic E-state index is 0.0231. The highest BCUT2D eigenvalue weighted by Crippen LogP contribution is 2.38. The number of carbonyl (C=O) groups excluding carboxylic acids is 1. The van der Waals surface area contributed by atoms with E-state index in [-0.39, 0.29) is 12.1 Å². The Morgan fingerprint density at radius 3 is 2.47 bits per heavy atom. The Bertz CT molecular complexity index is 1700. The zero-order chi connectivity index (χ0) is 32.1. The van der Waals surface area contributed by atoms with Gasteiger partial charge in [0.2, 0.25) is 5.95 Å². The smallest absolute Gasteiger partial charge is 0.444 e. The first kappa shape index (κ1) is 31.1. The number of fused-ring (bicyclic) bond motifs is 1. The van der Waals surface area contributed by atoms with Gasteiger partial charge in [-0.05, 0) is 97.5 Å². The normalized spacial score (nSPS) is 19.6. The molecule has 2 aliphatic heterocycles. The van der Waals surface area contributed by atoms with Crippen molar-refractivity contribution in [1.29, 1.82) is 0 Å². The summed E-state index contributed by atoms with van der Waals surface area (Å²) in [5, 5.41) is 4.57. The molecular formula is C35H44BN5O4. The number of ether oxygens (including phenoxy) is 1. The average Bonchev–Trinajstić information content (AvgIpc) is 3.46. The van der Waals surface area contributed by atoms with E-state index in [1.165, 1.54) is 0 Å². The molecule has 0 bridgehead atoms. The van der Waals surface area contributed by atoms with Crippen molar-refractivity contribution in [3.63, 3.8) is 0 Å². The molecule has 4 aromatic rings. The van der Waals surface area contributed by atoms with E-state index in [9.17, 15) is 4.79 Å². The van der Waals surface area contributed by atoms with Crippen LogP contribution in [0.2, 0.25) is 0 Å². The van der Waals surface area contributed by atoms with Gasteiger partial charge in [0, 0.05) is 48.2 Å². The predicted octanol–water partition coefficient (Wildman–Crippen LogP) is 6.51. The van der Waals surface area contributed by atoms with Crippen LogP contribution in [0.3, 0.4) is 0 Å². The summed E-state index contributed by atoms with van der Waals surface area (Å²) in [4.78, 5) is 24.2. The summed E-state index contributed by atoms with van der Waals surface area (Å²) in [6.45, 7) is 17.2. The van der Waals surface area contributed by atoms with E-state index < -0.39 is 23.9 Å². The van der Waals surface area contributed by atoms with Gasteiger partial charge in [0.25, 0.3) is 0 Å². The van der Waals surface area contributed by atoms with Crippen molar-refractivity contribution in [2.24, 2.45) is 0 Å². The first-order chi connectivity index (χ1) is 21.2. The van der Waals surface area contributed by atoms with Gasteiger partial charge in [-0.3, -0.25) is 0 Å². The van der Waals surface area contributed by atoms with Crippen LogP contribution in [0.5, 0.6) is 0 Å². The molecule has 10 heteroatoms. The fourth-order valence-corrected chi connectivity index (χ4v) is 5.91. The molecule has 4 heterocycles. The molecule has 6 rings (SSSR count). The first-order valence-electron chi connectivity index (χ1n) is 15.9. The summed E-state index contributed by atoms with van der Waals surface area (Å²) in [6, 6.07) is 16.7. The highest BCUT2D eigenvalue weighted by molar-refractivity contribution is 6.62. The highest BCUT2D eigenvalue weighted by atomic mass is 16.7. The van der Waals surface area contributed by atoms with E-state index in [4.69, 9.17) is 19.0 Å². The molecule has 236 valence electrons. The third-order valence-corrected chi connectivity index (χ3v) is 9.02. The summed E-state index contributed by atoms with van der Waals surface area (Å²) >= 11 is 0. The lowest BCUT2D eigenvalue weighted by Crippen LogP contribution is -2.47. The topological polar surface area (TPSA) is 90.7 Å². The number of hydrogen-bond donors (Lipinski definition) is 1. The number of aryl methyl sites for hydroxylation is 1. The van der Waals surface area contributed by atoms with Gasteiger partial charge in [0.1, 0.15) is 5.60 Å². The quantitative estimate of drug-likeness (QED) is 0.258. The van der Waals surface area contributed by atoms with Gasteiger partial charge >= 0.3 is 13.2 Å². The number of likely N-dealkylation sites (tertiary alicyclic amines) is 1. The van der Waals surface area contributed by atoms with Crippen molar-refractivity contribution < 1.29 is 18.8 Å². The van der Waals surface area contributed by atoms with Gasteiger partial charge in [-0.15, -0.1) is 0 Å². The fourth-order valence-electron chi connectivity index (χ4n) is 5.91. The van der Waals surface area contributed by atoms with Crippen LogP contribution in [0.1, 0.15) is 66.9 Å². The second kappa shape index (κ2) is 11.5. The van der Waals surface area contributed by atoms with Gasteiger partial charge in [0.05, 0.1) is 22.4 Å². The van der Waals surface area contributed by atoms with Crippen LogP contribution >= 0.6 is 0 Å². The van der Waals surface area contributed by atoms with Crippen molar-refractivity contribution in [3.8, 4) is 16.9 Å². The number of aromatic nitrogens is 3. The number of hydrogen-bond acceptors (Lipinski definition) is 7. The van der Waals surface area contributed by atoms with Crippen LogP contribution in [-0.2, 0) is 14.0 Å². The van der Waals surface area contributed by atoms with Gasteiger partial charge in [0.15, 0.2) is 0 Å². The molecule has 2 fully saturated rings. The number of anilines is 1. The monoisotopic (exact) mass is 609 g/mol. The molecule has 2 saturated heterocycles. The lowest BCUT2D eigenvalue weighted by molar-refractivity contribution is 0.00578. The second-order valence-electron chi connectivity index (χ2n) is 14.2. The van der Waals surface area contributed by atoms with Crippen LogP contribution in [0.4, 0.5) is 10.7 Å². The second-order valence-corrected chi connectivity index (χ2v) is 14.2. The summed E-state index contributed by atoms with van der Waals surface area (Å²) in [5.74, 6) is 0.543. The Morgan fingerprint density at radius 1 is 1.07 bits per heavy atom. The maximum Gasteiger partial charge on any atom is 0.494 e. The maximum atomic E-state index is 12.7. The van der Waals surface area contributed by atoms with Crippen molar-refractivity contribution in [2.75, 3.05) is 18.4 Å². The molecule has 0 spiro atoms. The SMILES string of the molecule is Cc1cnc(N[C@H]2CCCN(C(=O)OC(C)(C)C)C2)nc1-c1cn(-c2ccccc2)c2cc(B3OC(C)(C)C(C)(C)O3)ccc12. The van der Waals surface area contributed by atoms with Crippen molar-refractivity contribution in [2.45, 2.75) is 91.1 Å². The van der Waals surface area contributed by atoms with Crippen LogP contribution < -0.4 is 10.8 Å². The van der Waals surface area contributed by atoms with Crippen LogP contribution in [-0.4, -0.2) is 68.6 Å². The molecule has 1 amide bonds. The number of piperidine rings is 1. The predicted molar refractivity (Wildman–Crippen MR) is 179 cm³/mol.